The molecule has 9 heteroatoms. The van der Waals surface area contributed by atoms with Crippen molar-refractivity contribution in [3.63, 3.8) is 0 Å². The van der Waals surface area contributed by atoms with Gasteiger partial charge in [0.1, 0.15) is 0 Å². The Bertz CT molecular complexity index is 823. The summed E-state index contributed by atoms with van der Waals surface area (Å²) in [5.74, 6) is -2.68. The zero-order valence-corrected chi connectivity index (χ0v) is 27.1. The molecular weight excluding hydrogens is 623 g/mol. The first-order valence-corrected chi connectivity index (χ1v) is 15.1. The first-order valence-electron chi connectivity index (χ1n) is 15.1. The molecule has 0 bridgehead atoms. The molecule has 230 valence electrons. The summed E-state index contributed by atoms with van der Waals surface area (Å²) in [5.41, 5.74) is -0.949. The molecule has 1 aliphatic carbocycles. The van der Waals surface area contributed by atoms with E-state index in [1.807, 2.05) is 0 Å². The maximum atomic E-state index is 11.8. The molecule has 0 radical (unpaired) electrons. The molecule has 0 saturated carbocycles. The van der Waals surface area contributed by atoms with Crippen LogP contribution in [0.5, 0.6) is 0 Å². The van der Waals surface area contributed by atoms with Gasteiger partial charge in [0, 0.05) is 25.1 Å². The molecule has 1 unspecified atom stereocenters. The third-order valence-electron chi connectivity index (χ3n) is 7.51. The van der Waals surface area contributed by atoms with E-state index < -0.39 is 17.4 Å². The Hall–Kier alpha value is -1.75. The molecule has 3 N–H and O–H groups in total. The van der Waals surface area contributed by atoms with E-state index in [1.54, 1.807) is 0 Å². The molecule has 1 heterocycles. The number of carboxylic acid groups (broad SMARTS) is 2. The van der Waals surface area contributed by atoms with E-state index >= 15 is 0 Å². The van der Waals surface area contributed by atoms with Gasteiger partial charge in [-0.15, -0.1) is 24.0 Å². The van der Waals surface area contributed by atoms with Crippen LogP contribution in [0.4, 0.5) is 0 Å². The number of Topliss-reactive ketones (excluding diaryl/α,β-unsaturated/α-hetero) is 1. The van der Waals surface area contributed by atoms with Crippen LogP contribution in [0.15, 0.2) is 23.8 Å². The van der Waals surface area contributed by atoms with E-state index in [9.17, 15) is 19.2 Å². The number of hydrogen-bond acceptors (Lipinski definition) is 5. The van der Waals surface area contributed by atoms with Gasteiger partial charge in [-0.3, -0.25) is 14.4 Å². The first-order chi connectivity index (χ1) is 18.7. The molecule has 1 saturated heterocycles. The highest BCUT2D eigenvalue weighted by atomic mass is 127. The highest BCUT2D eigenvalue weighted by Gasteiger charge is 2.34. The van der Waals surface area contributed by atoms with Crippen LogP contribution in [0.3, 0.4) is 0 Å². The lowest BCUT2D eigenvalue weighted by atomic mass is 9.80. The quantitative estimate of drug-likeness (QED) is 0.0808. The second-order valence-electron chi connectivity index (χ2n) is 11.1. The number of ketones is 1. The van der Waals surface area contributed by atoms with E-state index in [-0.39, 0.29) is 47.7 Å². The minimum absolute atomic E-state index is 0. The molecule has 1 amide bonds. The van der Waals surface area contributed by atoms with E-state index in [1.165, 1.54) is 102 Å². The molecule has 0 aromatic rings. The Labute approximate surface area is 258 Å². The van der Waals surface area contributed by atoms with E-state index in [4.69, 9.17) is 10.2 Å². The molecule has 0 aromatic carbocycles. The molecule has 1 atom stereocenters. The van der Waals surface area contributed by atoms with E-state index in [0.717, 1.165) is 32.5 Å². The topological polar surface area (TPSA) is 124 Å². The van der Waals surface area contributed by atoms with Crippen LogP contribution in [-0.2, 0) is 19.2 Å². The average molecular weight is 677 g/mol. The molecule has 1 aliphatic heterocycles. The number of carbonyl (C=O) groups is 4. The summed E-state index contributed by atoms with van der Waals surface area (Å²) in [7, 11) is 0. The van der Waals surface area contributed by atoms with Gasteiger partial charge >= 0.3 is 11.9 Å². The van der Waals surface area contributed by atoms with Crippen molar-refractivity contribution in [2.75, 3.05) is 26.2 Å². The summed E-state index contributed by atoms with van der Waals surface area (Å²) >= 11 is 0. The van der Waals surface area contributed by atoms with E-state index in [2.05, 4.69) is 17.1 Å². The smallest absolute Gasteiger partial charge is 0.331 e. The van der Waals surface area contributed by atoms with Gasteiger partial charge in [0.25, 0.3) is 5.91 Å². The molecule has 0 spiro atoms. The van der Waals surface area contributed by atoms with Gasteiger partial charge in [-0.1, -0.05) is 95.8 Å². The van der Waals surface area contributed by atoms with Crippen molar-refractivity contribution in [3.8, 4) is 0 Å². The standard InChI is InChI=1S/C22H42N2O2.C9H10O4.HI/c1-2-3-4-5-6-7-8-9-10-11-12-13-16-21(25)22(26)23-17-20-24-18-14-15-19-24;1-9(8(12)13)4-2-3-6(5-9)7(10)11;/h2-20H2,1H3,(H,23,26);2-4H,5H2,1H3,(H,10,11)(H,12,13);1H. The van der Waals surface area contributed by atoms with Crippen LogP contribution < -0.4 is 5.32 Å². The number of carbonyl (C=O) groups excluding carboxylic acids is 2. The highest BCUT2D eigenvalue weighted by Crippen LogP contribution is 2.31. The fourth-order valence-electron chi connectivity index (χ4n) is 4.86. The second-order valence-corrected chi connectivity index (χ2v) is 11.1. The number of rotatable bonds is 19. The zero-order valence-electron chi connectivity index (χ0n) is 24.8. The van der Waals surface area contributed by atoms with Crippen LogP contribution in [0.2, 0.25) is 0 Å². The highest BCUT2D eigenvalue weighted by molar-refractivity contribution is 14.0. The average Bonchev–Trinajstić information content (AvgIpc) is 3.43. The lowest BCUT2D eigenvalue weighted by molar-refractivity contribution is -0.145. The summed E-state index contributed by atoms with van der Waals surface area (Å²) in [5, 5.41) is 20.3. The van der Waals surface area contributed by atoms with Crippen molar-refractivity contribution in [1.29, 1.82) is 0 Å². The Morgan fingerprint density at radius 1 is 0.875 bits per heavy atom. The summed E-state index contributed by atoms with van der Waals surface area (Å²) in [6.45, 7) is 7.49. The van der Waals surface area contributed by atoms with Crippen LogP contribution in [-0.4, -0.2) is 64.9 Å². The number of nitrogens with one attached hydrogen (secondary N) is 1. The molecule has 2 aliphatic rings. The number of halogens is 1. The SMILES string of the molecule is CC1(C(=O)O)C=CC=C(C(=O)O)C1.CCCCCCCCCCCCCCC(=O)C(=O)NCCN1CCCC1.I. The van der Waals surface area contributed by atoms with Gasteiger partial charge in [-0.2, -0.15) is 0 Å². The van der Waals surface area contributed by atoms with Crippen LogP contribution in [0.25, 0.3) is 0 Å². The summed E-state index contributed by atoms with van der Waals surface area (Å²) < 4.78 is 0. The fourth-order valence-corrected chi connectivity index (χ4v) is 4.86. The largest absolute Gasteiger partial charge is 0.481 e. The lowest BCUT2D eigenvalue weighted by Gasteiger charge is -2.23. The van der Waals surface area contributed by atoms with Gasteiger partial charge in [-0.05, 0) is 45.7 Å². The van der Waals surface area contributed by atoms with Gasteiger partial charge in [0.2, 0.25) is 5.78 Å². The lowest BCUT2D eigenvalue weighted by Crippen LogP contribution is -2.37. The maximum absolute atomic E-state index is 11.8. The molecule has 2 rings (SSSR count). The predicted octanol–water partition coefficient (Wildman–Crippen LogP) is 6.52. The van der Waals surface area contributed by atoms with Crippen molar-refractivity contribution < 1.29 is 29.4 Å². The fraction of sp³-hybridized carbons (Fsp3) is 0.742. The molecule has 1 fully saturated rings. The maximum Gasteiger partial charge on any atom is 0.331 e. The second kappa shape index (κ2) is 22.9. The number of likely N-dealkylation sites (tertiary alicyclic amines) is 1. The van der Waals surface area contributed by atoms with Gasteiger partial charge in [0.15, 0.2) is 0 Å². The number of aliphatic carboxylic acids is 2. The zero-order chi connectivity index (χ0) is 28.9. The first kappa shape index (κ1) is 38.2. The van der Waals surface area contributed by atoms with Crippen LogP contribution >= 0.6 is 24.0 Å². The van der Waals surface area contributed by atoms with Crippen molar-refractivity contribution in [3.05, 3.63) is 23.8 Å². The number of nitrogens with zero attached hydrogens (tertiary/aromatic N) is 1. The molecular formula is C31H53IN2O6. The number of allylic oxidation sites excluding steroid dienone is 2. The summed E-state index contributed by atoms with van der Waals surface area (Å²) in [4.78, 5) is 47.3. The van der Waals surface area contributed by atoms with Crippen molar-refractivity contribution in [2.45, 2.75) is 117 Å². The van der Waals surface area contributed by atoms with Crippen molar-refractivity contribution >= 4 is 47.6 Å². The normalized spacial score (nSPS) is 18.2. The van der Waals surface area contributed by atoms with Gasteiger partial charge < -0.3 is 20.4 Å². The monoisotopic (exact) mass is 676 g/mol. The summed E-state index contributed by atoms with van der Waals surface area (Å²) in [6.07, 6.45) is 22.7. The van der Waals surface area contributed by atoms with Crippen molar-refractivity contribution in [1.82, 2.24) is 10.2 Å². The van der Waals surface area contributed by atoms with Crippen molar-refractivity contribution in [2.24, 2.45) is 5.41 Å². The molecule has 8 nitrogen and oxygen atoms in total. The number of hydrogen-bond donors (Lipinski definition) is 3. The Balaban J connectivity index is 0.000000912. The van der Waals surface area contributed by atoms with Crippen LogP contribution in [0.1, 0.15) is 117 Å². The third kappa shape index (κ3) is 17.1. The number of amides is 1. The van der Waals surface area contributed by atoms with Gasteiger partial charge in [-0.25, -0.2) is 4.79 Å². The molecule has 40 heavy (non-hydrogen) atoms. The predicted molar refractivity (Wildman–Crippen MR) is 170 cm³/mol. The number of unbranched alkanes of at least 4 members (excludes halogenated alkanes) is 11. The number of carboxylic acids is 2. The van der Waals surface area contributed by atoms with E-state index in [0.29, 0.717) is 13.0 Å². The Morgan fingerprint density at radius 2 is 1.40 bits per heavy atom. The minimum atomic E-state index is -1.08. The summed E-state index contributed by atoms with van der Waals surface area (Å²) in [6, 6.07) is 0. The molecule has 0 aromatic heterocycles. The minimum Gasteiger partial charge on any atom is -0.481 e. The van der Waals surface area contributed by atoms with Crippen LogP contribution in [0, 0.1) is 5.41 Å². The van der Waals surface area contributed by atoms with Gasteiger partial charge in [0.05, 0.1) is 5.41 Å². The Kier molecular flexibility index (Phi) is 21.9. The third-order valence-corrected chi connectivity index (χ3v) is 7.51. The Morgan fingerprint density at radius 3 is 1.90 bits per heavy atom.